The summed E-state index contributed by atoms with van der Waals surface area (Å²) >= 11 is 6.08. The Hall–Kier alpha value is -0.790. The van der Waals surface area contributed by atoms with Crippen LogP contribution in [0.2, 0.25) is 0 Å². The number of benzene rings is 1. The SMILES string of the molecule is CC(Cl)C(C)(C)Nc1ccc(S(C)(=O)=O)cc1S(C)(=O)=O. The molecular weight excluding hydrogens is 334 g/mol. The lowest BCUT2D eigenvalue weighted by Gasteiger charge is -2.31. The van der Waals surface area contributed by atoms with E-state index in [-0.39, 0.29) is 15.2 Å². The lowest BCUT2D eigenvalue weighted by molar-refractivity contribution is 0.552. The van der Waals surface area contributed by atoms with Gasteiger partial charge in [-0.2, -0.15) is 0 Å². The van der Waals surface area contributed by atoms with E-state index in [1.54, 1.807) is 6.92 Å². The van der Waals surface area contributed by atoms with Gasteiger partial charge >= 0.3 is 0 Å². The van der Waals surface area contributed by atoms with Crippen molar-refractivity contribution in [2.24, 2.45) is 0 Å². The Morgan fingerprint density at radius 1 is 1.10 bits per heavy atom. The maximum absolute atomic E-state index is 11.9. The minimum absolute atomic E-state index is 0.0368. The van der Waals surface area contributed by atoms with Crippen molar-refractivity contribution in [2.75, 3.05) is 17.8 Å². The van der Waals surface area contributed by atoms with Crippen LogP contribution in [0.1, 0.15) is 20.8 Å². The van der Waals surface area contributed by atoms with Crippen molar-refractivity contribution in [3.8, 4) is 0 Å². The van der Waals surface area contributed by atoms with Gasteiger partial charge in [-0.05, 0) is 39.0 Å². The maximum Gasteiger partial charge on any atom is 0.177 e. The molecule has 120 valence electrons. The van der Waals surface area contributed by atoms with E-state index < -0.39 is 25.2 Å². The summed E-state index contributed by atoms with van der Waals surface area (Å²) in [4.78, 5) is -0.0963. The number of halogens is 1. The van der Waals surface area contributed by atoms with Gasteiger partial charge in [0.2, 0.25) is 0 Å². The molecule has 0 aromatic heterocycles. The first-order valence-electron chi connectivity index (χ1n) is 6.21. The molecule has 0 heterocycles. The summed E-state index contributed by atoms with van der Waals surface area (Å²) in [6, 6.07) is 4.00. The van der Waals surface area contributed by atoms with Crippen LogP contribution in [-0.4, -0.2) is 40.3 Å². The predicted molar refractivity (Wildman–Crippen MR) is 85.7 cm³/mol. The van der Waals surface area contributed by atoms with Gasteiger partial charge in [0.05, 0.1) is 20.9 Å². The van der Waals surface area contributed by atoms with Crippen LogP contribution in [0.4, 0.5) is 5.69 Å². The molecule has 8 heteroatoms. The van der Waals surface area contributed by atoms with Crippen LogP contribution in [0.5, 0.6) is 0 Å². The molecule has 21 heavy (non-hydrogen) atoms. The molecule has 0 amide bonds. The van der Waals surface area contributed by atoms with Gasteiger partial charge in [-0.15, -0.1) is 11.6 Å². The Morgan fingerprint density at radius 3 is 2.00 bits per heavy atom. The van der Waals surface area contributed by atoms with E-state index >= 15 is 0 Å². The van der Waals surface area contributed by atoms with Crippen molar-refractivity contribution in [3.05, 3.63) is 18.2 Å². The molecule has 1 aromatic rings. The normalized spacial score (nSPS) is 14.8. The Labute approximate surface area is 131 Å². The summed E-state index contributed by atoms with van der Waals surface area (Å²) in [7, 11) is -7.07. The first kappa shape index (κ1) is 18.3. The van der Waals surface area contributed by atoms with Crippen molar-refractivity contribution in [1.82, 2.24) is 0 Å². The van der Waals surface area contributed by atoms with Gasteiger partial charge in [0.25, 0.3) is 0 Å². The van der Waals surface area contributed by atoms with E-state index in [2.05, 4.69) is 5.32 Å². The highest BCUT2D eigenvalue weighted by molar-refractivity contribution is 7.91. The summed E-state index contributed by atoms with van der Waals surface area (Å²) in [5, 5.41) is 2.80. The molecule has 5 nitrogen and oxygen atoms in total. The Kier molecular flexibility index (Phi) is 5.02. The average Bonchev–Trinajstić information content (AvgIpc) is 2.25. The molecular formula is C13H20ClNO4S2. The second-order valence-electron chi connectivity index (χ2n) is 5.66. The first-order chi connectivity index (χ1) is 9.25. The topological polar surface area (TPSA) is 80.3 Å². The zero-order chi connectivity index (χ0) is 16.6. The quantitative estimate of drug-likeness (QED) is 0.821. The van der Waals surface area contributed by atoms with Crippen LogP contribution < -0.4 is 5.32 Å². The smallest absolute Gasteiger partial charge is 0.177 e. The Morgan fingerprint density at radius 2 is 1.62 bits per heavy atom. The van der Waals surface area contributed by atoms with E-state index in [1.807, 2.05) is 13.8 Å². The third-order valence-corrected chi connectivity index (χ3v) is 6.02. The molecule has 1 rings (SSSR count). The van der Waals surface area contributed by atoms with Gasteiger partial charge < -0.3 is 5.32 Å². The molecule has 1 aromatic carbocycles. The summed E-state index contributed by atoms with van der Waals surface area (Å²) in [5.74, 6) is 0. The van der Waals surface area contributed by atoms with Crippen LogP contribution in [0.15, 0.2) is 28.0 Å². The van der Waals surface area contributed by atoms with Crippen molar-refractivity contribution in [2.45, 2.75) is 41.5 Å². The standard InChI is InChI=1S/C13H20ClNO4S2/c1-9(14)13(2,3)15-11-7-6-10(20(4,16)17)8-12(11)21(5,18)19/h6-9,15H,1-5H3. The molecule has 0 bridgehead atoms. The molecule has 0 aliphatic rings. The van der Waals surface area contributed by atoms with Crippen LogP contribution in [0.25, 0.3) is 0 Å². The first-order valence-corrected chi connectivity index (χ1v) is 10.4. The lowest BCUT2D eigenvalue weighted by atomic mass is 10.0. The average molecular weight is 354 g/mol. The van der Waals surface area contributed by atoms with Crippen LogP contribution in [0.3, 0.4) is 0 Å². The van der Waals surface area contributed by atoms with E-state index in [9.17, 15) is 16.8 Å². The third kappa shape index (κ3) is 4.59. The summed E-state index contributed by atoms with van der Waals surface area (Å²) in [5.41, 5.74) is -0.226. The summed E-state index contributed by atoms with van der Waals surface area (Å²) < 4.78 is 47.0. The van der Waals surface area contributed by atoms with Crippen molar-refractivity contribution >= 4 is 37.0 Å². The molecule has 0 aliphatic heterocycles. The molecule has 1 unspecified atom stereocenters. The number of alkyl halides is 1. The lowest BCUT2D eigenvalue weighted by Crippen LogP contribution is -2.39. The van der Waals surface area contributed by atoms with Crippen molar-refractivity contribution in [1.29, 1.82) is 0 Å². The zero-order valence-electron chi connectivity index (χ0n) is 12.6. The van der Waals surface area contributed by atoms with E-state index in [0.717, 1.165) is 12.5 Å². The predicted octanol–water partition coefficient (Wildman–Crippen LogP) is 2.31. The van der Waals surface area contributed by atoms with Gasteiger partial charge in [0, 0.05) is 18.1 Å². The van der Waals surface area contributed by atoms with Crippen LogP contribution in [-0.2, 0) is 19.7 Å². The van der Waals surface area contributed by atoms with E-state index in [1.165, 1.54) is 18.2 Å². The molecule has 1 atom stereocenters. The van der Waals surface area contributed by atoms with Gasteiger partial charge in [0.15, 0.2) is 19.7 Å². The number of sulfone groups is 2. The number of hydrogen-bond donors (Lipinski definition) is 1. The molecule has 0 aliphatic carbocycles. The van der Waals surface area contributed by atoms with Gasteiger partial charge in [-0.3, -0.25) is 0 Å². The molecule has 1 N–H and O–H groups in total. The van der Waals surface area contributed by atoms with E-state index in [4.69, 9.17) is 11.6 Å². The minimum atomic E-state index is -3.58. The number of anilines is 1. The number of hydrogen-bond acceptors (Lipinski definition) is 5. The number of rotatable bonds is 5. The fourth-order valence-electron chi connectivity index (χ4n) is 1.59. The second-order valence-corrected chi connectivity index (χ2v) is 10.3. The molecule has 0 saturated carbocycles. The monoisotopic (exact) mass is 353 g/mol. The largest absolute Gasteiger partial charge is 0.378 e. The molecule has 0 radical (unpaired) electrons. The van der Waals surface area contributed by atoms with Crippen molar-refractivity contribution in [3.63, 3.8) is 0 Å². The van der Waals surface area contributed by atoms with Crippen LogP contribution >= 0.6 is 11.6 Å². The molecule has 0 saturated heterocycles. The summed E-state index contributed by atoms with van der Waals surface area (Å²) in [6.45, 7) is 5.46. The minimum Gasteiger partial charge on any atom is -0.378 e. The number of nitrogens with one attached hydrogen (secondary N) is 1. The molecule has 0 spiro atoms. The van der Waals surface area contributed by atoms with Crippen LogP contribution in [0, 0.1) is 0 Å². The van der Waals surface area contributed by atoms with Gasteiger partial charge in [-0.25, -0.2) is 16.8 Å². The Balaban J connectivity index is 3.48. The summed E-state index contributed by atoms with van der Waals surface area (Å²) in [6.07, 6.45) is 2.07. The zero-order valence-corrected chi connectivity index (χ0v) is 15.0. The maximum atomic E-state index is 11.9. The van der Waals surface area contributed by atoms with Gasteiger partial charge in [-0.1, -0.05) is 0 Å². The Bertz CT molecular complexity index is 737. The van der Waals surface area contributed by atoms with Gasteiger partial charge in [0.1, 0.15) is 0 Å². The van der Waals surface area contributed by atoms with E-state index in [0.29, 0.717) is 5.69 Å². The van der Waals surface area contributed by atoms with Crippen molar-refractivity contribution < 1.29 is 16.8 Å². The fraction of sp³-hybridized carbons (Fsp3) is 0.538. The fourth-order valence-corrected chi connectivity index (χ4v) is 3.23. The third-order valence-electron chi connectivity index (χ3n) is 3.23. The highest BCUT2D eigenvalue weighted by Gasteiger charge is 2.27. The molecule has 0 fully saturated rings. The second kappa shape index (κ2) is 5.78. The highest BCUT2D eigenvalue weighted by Crippen LogP contribution is 2.29. The highest BCUT2D eigenvalue weighted by atomic mass is 35.5.